The van der Waals surface area contributed by atoms with Crippen LogP contribution in [-0.2, 0) is 35.4 Å². The SMILES string of the molecule is CCO[Si](OCC)(OCC)c1ccc([Si](OCC)(OCC)OCC)cc1.CC[Si](CC)(OC)OC. The molecule has 1 aromatic carbocycles. The molecule has 35 heavy (non-hydrogen) atoms. The van der Waals surface area contributed by atoms with Gasteiger partial charge in [-0.2, -0.15) is 0 Å². The fourth-order valence-electron chi connectivity index (χ4n) is 3.68. The van der Waals surface area contributed by atoms with Crippen molar-refractivity contribution in [3.05, 3.63) is 24.3 Å². The topological polar surface area (TPSA) is 73.8 Å². The first kappa shape index (κ1) is 34.6. The van der Waals surface area contributed by atoms with Crippen molar-refractivity contribution in [1.29, 1.82) is 0 Å². The second-order valence-corrected chi connectivity index (χ2v) is 16.5. The van der Waals surface area contributed by atoms with Crippen LogP contribution in [0.1, 0.15) is 55.4 Å². The zero-order valence-corrected chi connectivity index (χ0v) is 26.7. The molecule has 0 amide bonds. The monoisotopic (exact) mass is 550 g/mol. The van der Waals surface area contributed by atoms with Gasteiger partial charge in [0.2, 0.25) is 0 Å². The minimum absolute atomic E-state index is 0.531. The highest BCUT2D eigenvalue weighted by molar-refractivity contribution is 6.77. The van der Waals surface area contributed by atoms with Crippen molar-refractivity contribution in [1.82, 2.24) is 0 Å². The largest absolute Gasteiger partial charge is 0.537 e. The van der Waals surface area contributed by atoms with Crippen LogP contribution in [0.15, 0.2) is 24.3 Å². The summed E-state index contributed by atoms with van der Waals surface area (Å²) >= 11 is 0. The predicted octanol–water partition coefficient (Wildman–Crippen LogP) is 3.96. The molecule has 0 unspecified atom stereocenters. The Morgan fingerprint density at radius 3 is 0.800 bits per heavy atom. The van der Waals surface area contributed by atoms with Crippen LogP contribution in [0.3, 0.4) is 0 Å². The van der Waals surface area contributed by atoms with E-state index in [0.29, 0.717) is 39.6 Å². The molecule has 0 fully saturated rings. The first-order chi connectivity index (χ1) is 16.8. The third-order valence-corrected chi connectivity index (χ3v) is 15.2. The Balaban J connectivity index is 0.00000109. The van der Waals surface area contributed by atoms with E-state index in [4.69, 9.17) is 35.4 Å². The molecule has 206 valence electrons. The van der Waals surface area contributed by atoms with Crippen LogP contribution in [0.2, 0.25) is 12.1 Å². The maximum absolute atomic E-state index is 5.98. The molecule has 0 aliphatic rings. The van der Waals surface area contributed by atoms with Crippen LogP contribution in [0.25, 0.3) is 0 Å². The lowest BCUT2D eigenvalue weighted by atomic mass is 10.4. The molecule has 0 saturated heterocycles. The first-order valence-corrected chi connectivity index (χ1v) is 18.5. The van der Waals surface area contributed by atoms with E-state index in [9.17, 15) is 0 Å². The van der Waals surface area contributed by atoms with Gasteiger partial charge in [-0.1, -0.05) is 38.1 Å². The highest BCUT2D eigenvalue weighted by Crippen LogP contribution is 2.15. The van der Waals surface area contributed by atoms with Crippen molar-refractivity contribution in [2.75, 3.05) is 53.9 Å². The minimum atomic E-state index is -2.92. The smallest absolute Gasteiger partial charge is 0.398 e. The third kappa shape index (κ3) is 10.1. The predicted molar refractivity (Wildman–Crippen MR) is 148 cm³/mol. The van der Waals surface area contributed by atoms with Crippen molar-refractivity contribution in [2.24, 2.45) is 0 Å². The van der Waals surface area contributed by atoms with Gasteiger partial charge in [0, 0.05) is 64.2 Å². The van der Waals surface area contributed by atoms with E-state index in [1.165, 1.54) is 0 Å². The van der Waals surface area contributed by atoms with E-state index in [-0.39, 0.29) is 0 Å². The van der Waals surface area contributed by atoms with Gasteiger partial charge in [0.05, 0.1) is 0 Å². The molecule has 0 bridgehead atoms. The summed E-state index contributed by atoms with van der Waals surface area (Å²) in [6.45, 7) is 19.1. The van der Waals surface area contributed by atoms with Crippen LogP contribution in [-0.4, -0.2) is 80.0 Å². The average molecular weight is 551 g/mol. The molecule has 0 radical (unpaired) electrons. The van der Waals surface area contributed by atoms with Gasteiger partial charge in [0.15, 0.2) is 0 Å². The molecule has 1 rings (SSSR count). The molecule has 1 aromatic rings. The van der Waals surface area contributed by atoms with Gasteiger partial charge in [0.25, 0.3) is 0 Å². The van der Waals surface area contributed by atoms with Crippen LogP contribution in [0.5, 0.6) is 0 Å². The zero-order chi connectivity index (χ0) is 26.8. The highest BCUT2D eigenvalue weighted by Gasteiger charge is 2.46. The molecule has 11 heteroatoms. The lowest BCUT2D eigenvalue weighted by Gasteiger charge is -2.30. The fourth-order valence-corrected chi connectivity index (χ4v) is 10.4. The van der Waals surface area contributed by atoms with E-state index in [0.717, 1.165) is 22.5 Å². The number of rotatable bonds is 18. The van der Waals surface area contributed by atoms with Gasteiger partial charge in [0.1, 0.15) is 0 Å². The molecule has 0 atom stereocenters. The summed E-state index contributed by atoms with van der Waals surface area (Å²) in [7, 11) is -4.05. The Labute approximate surface area is 217 Å². The summed E-state index contributed by atoms with van der Waals surface area (Å²) in [5.74, 6) is 0. The molecule has 0 aliphatic carbocycles. The van der Waals surface area contributed by atoms with E-state index in [1.807, 2.05) is 65.8 Å². The van der Waals surface area contributed by atoms with Crippen LogP contribution >= 0.6 is 0 Å². The summed E-state index contributed by atoms with van der Waals surface area (Å²) in [5.41, 5.74) is 0. The first-order valence-electron chi connectivity index (χ1n) is 12.9. The van der Waals surface area contributed by atoms with Crippen molar-refractivity contribution in [2.45, 2.75) is 67.5 Å². The summed E-state index contributed by atoms with van der Waals surface area (Å²) in [6.07, 6.45) is 0. The highest BCUT2D eigenvalue weighted by atomic mass is 28.4. The van der Waals surface area contributed by atoms with Gasteiger partial charge in [-0.05, 0) is 53.6 Å². The second kappa shape index (κ2) is 18.7. The van der Waals surface area contributed by atoms with Gasteiger partial charge in [-0.15, -0.1) is 0 Å². The zero-order valence-electron chi connectivity index (χ0n) is 23.7. The van der Waals surface area contributed by atoms with Crippen molar-refractivity contribution in [3.63, 3.8) is 0 Å². The summed E-state index contributed by atoms with van der Waals surface area (Å²) < 4.78 is 46.5. The Morgan fingerprint density at radius 1 is 0.457 bits per heavy atom. The standard InChI is InChI=1S/C18H34O6Si2.C6H16O2Si/c1-7-19-25(20-8-2,21-9-3)17-13-15-18(16-14-17)26(22-10-4,23-11-5)24-12-6;1-5-9(6-2,7-3)8-4/h13-16H,7-12H2,1-6H3;5-6H2,1-4H3. The van der Waals surface area contributed by atoms with Crippen LogP contribution in [0.4, 0.5) is 0 Å². The number of hydrogen-bond acceptors (Lipinski definition) is 8. The minimum Gasteiger partial charge on any atom is -0.398 e. The van der Waals surface area contributed by atoms with Crippen molar-refractivity contribution < 1.29 is 35.4 Å². The van der Waals surface area contributed by atoms with E-state index in [1.54, 1.807) is 14.2 Å². The molecule has 0 N–H and O–H groups in total. The maximum atomic E-state index is 5.98. The Kier molecular flexibility index (Phi) is 18.5. The Hall–Kier alpha value is -0.449. The lowest BCUT2D eigenvalue weighted by Crippen LogP contribution is -2.59. The third-order valence-electron chi connectivity index (χ3n) is 5.42. The van der Waals surface area contributed by atoms with Crippen LogP contribution in [0, 0.1) is 0 Å². The maximum Gasteiger partial charge on any atom is 0.537 e. The summed E-state index contributed by atoms with van der Waals surface area (Å²) in [4.78, 5) is 0. The molecule has 0 aliphatic heterocycles. The lowest BCUT2D eigenvalue weighted by molar-refractivity contribution is 0.0845. The van der Waals surface area contributed by atoms with E-state index >= 15 is 0 Å². The molecule has 8 nitrogen and oxygen atoms in total. The number of hydrogen-bond donors (Lipinski definition) is 0. The second-order valence-electron chi connectivity index (χ2n) is 7.31. The molecular formula is C24H50O8Si3. The van der Waals surface area contributed by atoms with Gasteiger partial charge in [-0.25, -0.2) is 0 Å². The molecule has 0 saturated carbocycles. The summed E-state index contributed by atoms with van der Waals surface area (Å²) in [5, 5.41) is 1.86. The summed E-state index contributed by atoms with van der Waals surface area (Å²) in [6, 6.07) is 10.0. The Bertz CT molecular complexity index is 548. The quantitative estimate of drug-likeness (QED) is 0.254. The van der Waals surface area contributed by atoms with E-state index < -0.39 is 26.2 Å². The van der Waals surface area contributed by atoms with Crippen molar-refractivity contribution in [3.8, 4) is 0 Å². The number of benzene rings is 1. The molecule has 0 aromatic heterocycles. The van der Waals surface area contributed by atoms with Gasteiger partial charge >= 0.3 is 26.2 Å². The van der Waals surface area contributed by atoms with E-state index in [2.05, 4.69) is 13.8 Å². The van der Waals surface area contributed by atoms with Gasteiger partial charge in [-0.3, -0.25) is 0 Å². The molecule has 0 spiro atoms. The van der Waals surface area contributed by atoms with Crippen molar-refractivity contribution >= 4 is 36.5 Å². The average Bonchev–Trinajstić information content (AvgIpc) is 2.87. The van der Waals surface area contributed by atoms with Gasteiger partial charge < -0.3 is 35.4 Å². The fraction of sp³-hybridized carbons (Fsp3) is 0.750. The molecule has 0 heterocycles. The normalized spacial score (nSPS) is 12.4. The van der Waals surface area contributed by atoms with Crippen LogP contribution < -0.4 is 10.4 Å². The Morgan fingerprint density at radius 2 is 0.686 bits per heavy atom. The molecular weight excluding hydrogens is 501 g/mol.